The zero-order chi connectivity index (χ0) is 18.1. The van der Waals surface area contributed by atoms with Crippen LogP contribution in [0.5, 0.6) is 0 Å². The molecule has 4 aromatic rings. The zero-order valence-corrected chi connectivity index (χ0v) is 14.3. The molecule has 1 amide bonds. The van der Waals surface area contributed by atoms with E-state index in [9.17, 15) is 9.59 Å². The van der Waals surface area contributed by atoms with Gasteiger partial charge in [-0.1, -0.05) is 48.5 Å². The number of rotatable bonds is 4. The van der Waals surface area contributed by atoms with Gasteiger partial charge in [0.15, 0.2) is 0 Å². The number of para-hydroxylation sites is 1. The van der Waals surface area contributed by atoms with Gasteiger partial charge in [0, 0.05) is 16.3 Å². The lowest BCUT2D eigenvalue weighted by Gasteiger charge is -2.15. The van der Waals surface area contributed by atoms with Gasteiger partial charge in [-0.3, -0.25) is 9.59 Å². The van der Waals surface area contributed by atoms with E-state index in [0.29, 0.717) is 5.52 Å². The highest BCUT2D eigenvalue weighted by Gasteiger charge is 2.17. The first-order valence-electron chi connectivity index (χ1n) is 8.44. The molecule has 0 radical (unpaired) electrons. The predicted octanol–water partition coefficient (Wildman–Crippen LogP) is 2.76. The molecule has 0 saturated carbocycles. The Balaban J connectivity index is 1.70. The third-order valence-electron chi connectivity index (χ3n) is 4.56. The highest BCUT2D eigenvalue weighted by molar-refractivity contribution is 6.07. The lowest BCUT2D eigenvalue weighted by Crippen LogP contribution is -2.30. The molecular weight excluding hydrogens is 328 g/mol. The van der Waals surface area contributed by atoms with Gasteiger partial charge in [0.2, 0.25) is 5.91 Å². The van der Waals surface area contributed by atoms with Crippen LogP contribution in [0.25, 0.3) is 21.8 Å². The average Bonchev–Trinajstić information content (AvgIpc) is 2.98. The summed E-state index contributed by atoms with van der Waals surface area (Å²) >= 11 is 0. The van der Waals surface area contributed by atoms with Crippen molar-refractivity contribution in [2.75, 3.05) is 0 Å². The highest BCUT2D eigenvalue weighted by atomic mass is 16.2. The van der Waals surface area contributed by atoms with Gasteiger partial charge < -0.3 is 9.88 Å². The van der Waals surface area contributed by atoms with Crippen molar-refractivity contribution in [1.29, 1.82) is 0 Å². The van der Waals surface area contributed by atoms with E-state index in [1.165, 1.54) is 0 Å². The summed E-state index contributed by atoms with van der Waals surface area (Å²) in [5.74, 6) is -0.153. The van der Waals surface area contributed by atoms with Crippen LogP contribution < -0.4 is 10.9 Å². The number of hydrogen-bond donors (Lipinski definition) is 2. The molecular formula is C20H18N4O2. The molecule has 6 heteroatoms. The number of hydrogen-bond acceptors (Lipinski definition) is 3. The lowest BCUT2D eigenvalue weighted by molar-refractivity contribution is -0.122. The number of H-pyrrole nitrogens is 1. The molecule has 0 aliphatic carbocycles. The number of nitrogens with zero attached hydrogens (tertiary/aromatic N) is 2. The van der Waals surface area contributed by atoms with Crippen LogP contribution in [0.4, 0.5) is 0 Å². The summed E-state index contributed by atoms with van der Waals surface area (Å²) in [6.07, 6.45) is 1.63. The highest BCUT2D eigenvalue weighted by Crippen LogP contribution is 2.25. The van der Waals surface area contributed by atoms with E-state index in [4.69, 9.17) is 0 Å². The molecule has 0 fully saturated rings. The first-order valence-corrected chi connectivity index (χ1v) is 8.44. The van der Waals surface area contributed by atoms with Crippen molar-refractivity contribution in [2.24, 2.45) is 0 Å². The summed E-state index contributed by atoms with van der Waals surface area (Å²) in [6, 6.07) is 17.3. The van der Waals surface area contributed by atoms with Crippen molar-refractivity contribution >= 4 is 27.7 Å². The van der Waals surface area contributed by atoms with Crippen LogP contribution in [0, 0.1) is 0 Å². The van der Waals surface area contributed by atoms with Crippen LogP contribution in [0.1, 0.15) is 18.5 Å². The number of fused-ring (bicyclic) bond motifs is 3. The standard InChI is InChI=1S/C20H18N4O2/c1-13(14-7-3-2-4-8-14)22-18(25)12-24-17-10-6-5-9-15(17)16-11-21-23-20(26)19(16)24/h2-11,13H,12H2,1H3,(H,22,25)(H,23,26). The van der Waals surface area contributed by atoms with Crippen molar-refractivity contribution < 1.29 is 4.79 Å². The van der Waals surface area contributed by atoms with Crippen LogP contribution in [-0.2, 0) is 11.3 Å². The van der Waals surface area contributed by atoms with Crippen LogP contribution in [0.15, 0.2) is 65.6 Å². The Morgan fingerprint density at radius 1 is 1.12 bits per heavy atom. The number of carbonyl (C=O) groups excluding carboxylic acids is 1. The van der Waals surface area contributed by atoms with E-state index in [1.54, 1.807) is 10.8 Å². The third-order valence-corrected chi connectivity index (χ3v) is 4.56. The predicted molar refractivity (Wildman–Crippen MR) is 101 cm³/mol. The van der Waals surface area contributed by atoms with Crippen molar-refractivity contribution in [3.8, 4) is 0 Å². The van der Waals surface area contributed by atoms with Gasteiger partial charge in [0.25, 0.3) is 5.56 Å². The number of amides is 1. The minimum absolute atomic E-state index is 0.0638. The molecule has 1 atom stereocenters. The second-order valence-corrected chi connectivity index (χ2v) is 6.26. The molecule has 2 heterocycles. The maximum absolute atomic E-state index is 12.6. The summed E-state index contributed by atoms with van der Waals surface area (Å²) in [4.78, 5) is 25.0. The molecule has 26 heavy (non-hydrogen) atoms. The van der Waals surface area contributed by atoms with E-state index in [2.05, 4.69) is 15.5 Å². The van der Waals surface area contributed by atoms with Crippen molar-refractivity contribution in [2.45, 2.75) is 19.5 Å². The van der Waals surface area contributed by atoms with Crippen LogP contribution >= 0.6 is 0 Å². The molecule has 1 unspecified atom stereocenters. The minimum atomic E-state index is -0.303. The summed E-state index contributed by atoms with van der Waals surface area (Å²) < 4.78 is 1.75. The maximum Gasteiger partial charge on any atom is 0.288 e. The largest absolute Gasteiger partial charge is 0.348 e. The summed E-state index contributed by atoms with van der Waals surface area (Å²) in [7, 11) is 0. The topological polar surface area (TPSA) is 79.8 Å². The van der Waals surface area contributed by atoms with Crippen LogP contribution in [0.3, 0.4) is 0 Å². The van der Waals surface area contributed by atoms with Crippen LogP contribution in [-0.4, -0.2) is 20.7 Å². The zero-order valence-electron chi connectivity index (χ0n) is 14.3. The second-order valence-electron chi connectivity index (χ2n) is 6.26. The van der Waals surface area contributed by atoms with Crippen molar-refractivity contribution in [3.63, 3.8) is 0 Å². The van der Waals surface area contributed by atoms with Crippen molar-refractivity contribution in [3.05, 3.63) is 76.7 Å². The number of aromatic amines is 1. The first-order chi connectivity index (χ1) is 12.6. The monoisotopic (exact) mass is 346 g/mol. The molecule has 0 aliphatic heterocycles. The number of benzene rings is 2. The van der Waals surface area contributed by atoms with E-state index in [1.807, 2.05) is 61.5 Å². The summed E-state index contributed by atoms with van der Waals surface area (Å²) in [5, 5.41) is 11.0. The molecule has 0 aliphatic rings. The molecule has 2 N–H and O–H groups in total. The van der Waals surface area contributed by atoms with Gasteiger partial charge in [-0.2, -0.15) is 5.10 Å². The molecule has 0 spiro atoms. The fourth-order valence-corrected chi connectivity index (χ4v) is 3.33. The fourth-order valence-electron chi connectivity index (χ4n) is 3.33. The molecule has 0 saturated heterocycles. The fraction of sp³-hybridized carbons (Fsp3) is 0.150. The second kappa shape index (κ2) is 6.48. The van der Waals surface area contributed by atoms with Gasteiger partial charge in [-0.25, -0.2) is 5.10 Å². The number of nitrogens with one attached hydrogen (secondary N) is 2. The molecule has 2 aromatic heterocycles. The van der Waals surface area contributed by atoms with Gasteiger partial charge >= 0.3 is 0 Å². The molecule has 4 rings (SSSR count). The Labute approximate surface area is 149 Å². The summed E-state index contributed by atoms with van der Waals surface area (Å²) in [5.41, 5.74) is 2.03. The molecule has 0 bridgehead atoms. The smallest absolute Gasteiger partial charge is 0.288 e. The average molecular weight is 346 g/mol. The quantitative estimate of drug-likeness (QED) is 0.596. The van der Waals surface area contributed by atoms with Gasteiger partial charge in [-0.15, -0.1) is 0 Å². The normalized spacial score (nSPS) is 12.3. The Kier molecular flexibility index (Phi) is 4.01. The summed E-state index contributed by atoms with van der Waals surface area (Å²) in [6.45, 7) is 2.00. The van der Waals surface area contributed by atoms with E-state index in [0.717, 1.165) is 21.9 Å². The van der Waals surface area contributed by atoms with Crippen LogP contribution in [0.2, 0.25) is 0 Å². The molecule has 2 aromatic carbocycles. The number of carbonyl (C=O) groups is 1. The van der Waals surface area contributed by atoms with E-state index in [-0.39, 0.29) is 24.1 Å². The first kappa shape index (κ1) is 16.1. The van der Waals surface area contributed by atoms with E-state index >= 15 is 0 Å². The Morgan fingerprint density at radius 3 is 2.65 bits per heavy atom. The van der Waals surface area contributed by atoms with Gasteiger partial charge in [-0.05, 0) is 18.6 Å². The van der Waals surface area contributed by atoms with Gasteiger partial charge in [0.05, 0.1) is 12.2 Å². The Morgan fingerprint density at radius 2 is 1.85 bits per heavy atom. The molecule has 130 valence electrons. The maximum atomic E-state index is 12.6. The lowest BCUT2D eigenvalue weighted by atomic mass is 10.1. The van der Waals surface area contributed by atoms with E-state index < -0.39 is 0 Å². The third kappa shape index (κ3) is 2.75. The molecule has 6 nitrogen and oxygen atoms in total. The Hall–Kier alpha value is -3.41. The number of aromatic nitrogens is 3. The van der Waals surface area contributed by atoms with Crippen molar-refractivity contribution in [1.82, 2.24) is 20.1 Å². The minimum Gasteiger partial charge on any atom is -0.348 e. The van der Waals surface area contributed by atoms with Gasteiger partial charge in [0.1, 0.15) is 12.1 Å². The Bertz CT molecular complexity index is 1140. The SMILES string of the molecule is CC(NC(=O)Cn1c2ccccc2c2cn[nH]c(=O)c21)c1ccccc1.